The molecule has 0 aliphatic carbocycles. The fourth-order valence-corrected chi connectivity index (χ4v) is 1.44. The molecular weight excluding hydrogens is 226 g/mol. The number of carbonyl (C=O) groups is 2. The molecule has 2 rings (SSSR count). The monoisotopic (exact) mass is 235 g/mol. The van der Waals surface area contributed by atoms with Crippen LogP contribution in [-0.2, 0) is 9.47 Å². The lowest BCUT2D eigenvalue weighted by atomic mass is 10.1. The van der Waals surface area contributed by atoms with Gasteiger partial charge in [-0.1, -0.05) is 0 Å². The largest absolute Gasteiger partial charge is 0.465 e. The number of hydrogen-bond acceptors (Lipinski definition) is 6. The van der Waals surface area contributed by atoms with Crippen molar-refractivity contribution in [3.63, 3.8) is 0 Å². The molecule has 2 heterocycles. The second-order valence-corrected chi connectivity index (χ2v) is 3.11. The van der Waals surface area contributed by atoms with Crippen LogP contribution in [0.2, 0.25) is 0 Å². The molecule has 0 aliphatic heterocycles. The molecule has 0 aliphatic rings. The predicted molar refractivity (Wildman–Crippen MR) is 55.7 cm³/mol. The number of esters is 2. The molecule has 0 radical (unpaired) electrons. The van der Waals surface area contributed by atoms with Gasteiger partial charge in [0.2, 0.25) is 0 Å². The molecule has 0 saturated carbocycles. The number of rotatable bonds is 2. The molecule has 0 fully saturated rings. The Morgan fingerprint density at radius 1 is 1.24 bits per heavy atom. The molecule has 0 saturated heterocycles. The fourth-order valence-electron chi connectivity index (χ4n) is 1.44. The summed E-state index contributed by atoms with van der Waals surface area (Å²) in [4.78, 5) is 27.1. The van der Waals surface area contributed by atoms with E-state index in [0.717, 1.165) is 0 Å². The van der Waals surface area contributed by atoms with Gasteiger partial charge in [0.15, 0.2) is 5.65 Å². The molecule has 7 heteroatoms. The van der Waals surface area contributed by atoms with Gasteiger partial charge in [0.1, 0.15) is 5.56 Å². The van der Waals surface area contributed by atoms with Gasteiger partial charge in [-0.15, -0.1) is 0 Å². The van der Waals surface area contributed by atoms with E-state index in [2.05, 4.69) is 19.6 Å². The zero-order chi connectivity index (χ0) is 12.4. The van der Waals surface area contributed by atoms with E-state index in [9.17, 15) is 9.59 Å². The SMILES string of the molecule is COC(=O)c1cnn2ccnc2c1C(=O)OC. The summed E-state index contributed by atoms with van der Waals surface area (Å²) in [7, 11) is 2.45. The van der Waals surface area contributed by atoms with Crippen LogP contribution in [0.25, 0.3) is 5.65 Å². The van der Waals surface area contributed by atoms with Gasteiger partial charge in [0, 0.05) is 12.4 Å². The first-order valence-corrected chi connectivity index (χ1v) is 4.68. The first-order valence-electron chi connectivity index (χ1n) is 4.68. The summed E-state index contributed by atoms with van der Waals surface area (Å²) >= 11 is 0. The average molecular weight is 235 g/mol. The van der Waals surface area contributed by atoms with E-state index in [4.69, 9.17) is 0 Å². The molecule has 7 nitrogen and oxygen atoms in total. The minimum atomic E-state index is -0.664. The van der Waals surface area contributed by atoms with Crippen molar-refractivity contribution in [2.24, 2.45) is 0 Å². The molecular formula is C10H9N3O4. The molecule has 0 spiro atoms. The van der Waals surface area contributed by atoms with Crippen molar-refractivity contribution < 1.29 is 19.1 Å². The van der Waals surface area contributed by atoms with Gasteiger partial charge >= 0.3 is 11.9 Å². The Morgan fingerprint density at radius 2 is 1.94 bits per heavy atom. The first-order chi connectivity index (χ1) is 8.19. The summed E-state index contributed by atoms with van der Waals surface area (Å²) in [5.74, 6) is -1.33. The van der Waals surface area contributed by atoms with Crippen molar-refractivity contribution in [1.29, 1.82) is 0 Å². The Balaban J connectivity index is 2.74. The van der Waals surface area contributed by atoms with Crippen molar-refractivity contribution in [3.8, 4) is 0 Å². The number of aromatic nitrogens is 3. The summed E-state index contributed by atoms with van der Waals surface area (Å²) in [5, 5.41) is 3.93. The quantitative estimate of drug-likeness (QED) is 0.696. The van der Waals surface area contributed by atoms with E-state index in [0.29, 0.717) is 0 Å². The third-order valence-corrected chi connectivity index (χ3v) is 2.22. The lowest BCUT2D eigenvalue weighted by Gasteiger charge is -2.06. The van der Waals surface area contributed by atoms with Crippen LogP contribution in [0.4, 0.5) is 0 Å². The highest BCUT2D eigenvalue weighted by molar-refractivity contribution is 6.06. The van der Waals surface area contributed by atoms with Crippen LogP contribution in [0.15, 0.2) is 18.6 Å². The molecule has 0 atom stereocenters. The minimum absolute atomic E-state index is 0.0260. The average Bonchev–Trinajstić information content (AvgIpc) is 2.83. The highest BCUT2D eigenvalue weighted by Crippen LogP contribution is 2.15. The Morgan fingerprint density at radius 3 is 2.59 bits per heavy atom. The highest BCUT2D eigenvalue weighted by atomic mass is 16.5. The zero-order valence-corrected chi connectivity index (χ0v) is 9.21. The number of methoxy groups -OCH3 is 2. The fraction of sp³-hybridized carbons (Fsp3) is 0.200. The molecule has 0 aromatic carbocycles. The summed E-state index contributed by atoms with van der Waals surface area (Å²) in [5.41, 5.74) is 0.317. The van der Waals surface area contributed by atoms with E-state index in [1.807, 2.05) is 0 Å². The van der Waals surface area contributed by atoms with Gasteiger partial charge in [0.05, 0.1) is 26.0 Å². The van der Waals surface area contributed by atoms with Crippen LogP contribution in [0.5, 0.6) is 0 Å². The van der Waals surface area contributed by atoms with E-state index >= 15 is 0 Å². The molecule has 88 valence electrons. The smallest absolute Gasteiger partial charge is 0.342 e. The maximum absolute atomic E-state index is 11.7. The Kier molecular flexibility index (Phi) is 2.73. The third kappa shape index (κ3) is 1.71. The zero-order valence-electron chi connectivity index (χ0n) is 9.21. The van der Waals surface area contributed by atoms with Gasteiger partial charge in [0.25, 0.3) is 0 Å². The number of carbonyl (C=O) groups excluding carboxylic acids is 2. The van der Waals surface area contributed by atoms with Crippen LogP contribution in [0.1, 0.15) is 20.7 Å². The van der Waals surface area contributed by atoms with Crippen LogP contribution in [0, 0.1) is 0 Å². The highest BCUT2D eigenvalue weighted by Gasteiger charge is 2.23. The van der Waals surface area contributed by atoms with Crippen LogP contribution >= 0.6 is 0 Å². The van der Waals surface area contributed by atoms with Gasteiger partial charge < -0.3 is 9.47 Å². The van der Waals surface area contributed by atoms with E-state index in [1.165, 1.54) is 31.1 Å². The predicted octanol–water partition coefficient (Wildman–Crippen LogP) is 0.302. The molecule has 2 aromatic heterocycles. The Bertz CT molecular complexity index is 590. The van der Waals surface area contributed by atoms with E-state index in [-0.39, 0.29) is 16.8 Å². The molecule has 2 aromatic rings. The number of imidazole rings is 1. The van der Waals surface area contributed by atoms with Crippen molar-refractivity contribution in [2.75, 3.05) is 14.2 Å². The van der Waals surface area contributed by atoms with Crippen LogP contribution in [0.3, 0.4) is 0 Å². The summed E-state index contributed by atoms with van der Waals surface area (Å²) in [6.45, 7) is 0. The Hall–Kier alpha value is -2.44. The third-order valence-electron chi connectivity index (χ3n) is 2.22. The van der Waals surface area contributed by atoms with Gasteiger partial charge in [-0.05, 0) is 0 Å². The van der Waals surface area contributed by atoms with Crippen LogP contribution < -0.4 is 0 Å². The van der Waals surface area contributed by atoms with Crippen molar-refractivity contribution in [3.05, 3.63) is 29.7 Å². The van der Waals surface area contributed by atoms with Crippen molar-refractivity contribution in [1.82, 2.24) is 14.6 Å². The lowest BCUT2D eigenvalue weighted by molar-refractivity contribution is 0.0555. The first kappa shape index (κ1) is 11.1. The second kappa shape index (κ2) is 4.20. The minimum Gasteiger partial charge on any atom is -0.465 e. The normalized spacial score (nSPS) is 10.2. The van der Waals surface area contributed by atoms with Gasteiger partial charge in [-0.2, -0.15) is 5.10 Å². The molecule has 0 amide bonds. The lowest BCUT2D eigenvalue weighted by Crippen LogP contribution is -2.15. The number of nitrogens with zero attached hydrogens (tertiary/aromatic N) is 3. The molecule has 0 bridgehead atoms. The number of fused-ring (bicyclic) bond motifs is 1. The number of ether oxygens (including phenoxy) is 2. The summed E-state index contributed by atoms with van der Waals surface area (Å²) < 4.78 is 10.6. The van der Waals surface area contributed by atoms with Crippen molar-refractivity contribution in [2.45, 2.75) is 0 Å². The topological polar surface area (TPSA) is 82.8 Å². The Labute approximate surface area is 96.0 Å². The van der Waals surface area contributed by atoms with Gasteiger partial charge in [-0.25, -0.2) is 19.1 Å². The summed E-state index contributed by atoms with van der Waals surface area (Å²) in [6.07, 6.45) is 4.27. The van der Waals surface area contributed by atoms with E-state index < -0.39 is 11.9 Å². The standard InChI is InChI=1S/C10H9N3O4/c1-16-9(14)6-5-12-13-4-3-11-8(13)7(6)10(15)17-2/h3-5H,1-2H3. The second-order valence-electron chi connectivity index (χ2n) is 3.11. The van der Waals surface area contributed by atoms with Crippen LogP contribution in [-0.4, -0.2) is 40.8 Å². The van der Waals surface area contributed by atoms with Crippen molar-refractivity contribution >= 4 is 17.6 Å². The van der Waals surface area contributed by atoms with E-state index in [1.54, 1.807) is 6.20 Å². The maximum Gasteiger partial charge on any atom is 0.342 e. The maximum atomic E-state index is 11.7. The molecule has 17 heavy (non-hydrogen) atoms. The summed E-state index contributed by atoms with van der Waals surface area (Å²) in [6, 6.07) is 0. The number of hydrogen-bond donors (Lipinski definition) is 0. The van der Waals surface area contributed by atoms with Gasteiger partial charge in [-0.3, -0.25) is 0 Å². The molecule has 0 N–H and O–H groups in total. The molecule has 0 unspecified atom stereocenters.